The number of anilines is 1. The van der Waals surface area contributed by atoms with E-state index in [0.717, 1.165) is 60.8 Å². The van der Waals surface area contributed by atoms with Crippen LogP contribution >= 0.6 is 11.3 Å². The van der Waals surface area contributed by atoms with E-state index < -0.39 is 0 Å². The van der Waals surface area contributed by atoms with Crippen LogP contribution in [0, 0.1) is 6.92 Å². The summed E-state index contributed by atoms with van der Waals surface area (Å²) < 4.78 is 17.9. The van der Waals surface area contributed by atoms with Crippen LogP contribution in [-0.2, 0) is 9.53 Å². The molecule has 0 atom stereocenters. The summed E-state index contributed by atoms with van der Waals surface area (Å²) in [6.45, 7) is 11.2. The van der Waals surface area contributed by atoms with E-state index in [1.807, 2.05) is 36.4 Å². The van der Waals surface area contributed by atoms with Crippen molar-refractivity contribution in [3.8, 4) is 11.5 Å². The number of aromatic nitrogens is 1. The van der Waals surface area contributed by atoms with Gasteiger partial charge in [-0.25, -0.2) is 4.98 Å². The summed E-state index contributed by atoms with van der Waals surface area (Å²) in [6.07, 6.45) is 0.848. The number of thiazole rings is 1. The molecule has 188 valence electrons. The van der Waals surface area contributed by atoms with Crippen LogP contribution in [0.4, 0.5) is 5.13 Å². The van der Waals surface area contributed by atoms with Crippen LogP contribution < -0.4 is 14.4 Å². The minimum absolute atomic E-state index is 0.0371. The van der Waals surface area contributed by atoms with Gasteiger partial charge in [-0.3, -0.25) is 14.6 Å². The second kappa shape index (κ2) is 11.8. The average molecular weight is 498 g/mol. The minimum atomic E-state index is -0.101. The van der Waals surface area contributed by atoms with Gasteiger partial charge in [0.2, 0.25) is 0 Å². The lowest BCUT2D eigenvalue weighted by atomic mass is 10.0. The van der Waals surface area contributed by atoms with E-state index in [-0.39, 0.29) is 12.5 Å². The van der Waals surface area contributed by atoms with Crippen LogP contribution in [-0.4, -0.2) is 68.9 Å². The van der Waals surface area contributed by atoms with Gasteiger partial charge in [0.05, 0.1) is 25.0 Å². The van der Waals surface area contributed by atoms with Crippen molar-refractivity contribution in [3.05, 3.63) is 47.5 Å². The molecule has 2 aromatic carbocycles. The minimum Gasteiger partial charge on any atom is -0.494 e. The fraction of sp³-hybridized carbons (Fsp3) is 0.481. The Hall–Kier alpha value is -2.68. The zero-order valence-corrected chi connectivity index (χ0v) is 21.9. The first-order chi connectivity index (χ1) is 17.0. The van der Waals surface area contributed by atoms with Crippen LogP contribution in [0.5, 0.6) is 11.5 Å². The normalized spacial score (nSPS) is 14.4. The molecule has 1 amide bonds. The molecule has 0 N–H and O–H groups in total. The van der Waals surface area contributed by atoms with E-state index in [2.05, 4.69) is 25.7 Å². The third kappa shape index (κ3) is 6.31. The van der Waals surface area contributed by atoms with Gasteiger partial charge in [-0.1, -0.05) is 43.4 Å². The fourth-order valence-electron chi connectivity index (χ4n) is 4.15. The molecule has 35 heavy (non-hydrogen) atoms. The van der Waals surface area contributed by atoms with Gasteiger partial charge in [0.1, 0.15) is 17.0 Å². The number of morpholine rings is 1. The van der Waals surface area contributed by atoms with Crippen molar-refractivity contribution in [2.75, 3.05) is 58.0 Å². The maximum absolute atomic E-state index is 13.4. The lowest BCUT2D eigenvalue weighted by molar-refractivity contribution is -0.120. The Labute approximate surface area is 211 Å². The summed E-state index contributed by atoms with van der Waals surface area (Å²) in [4.78, 5) is 22.4. The van der Waals surface area contributed by atoms with E-state index in [0.29, 0.717) is 23.3 Å². The summed E-state index contributed by atoms with van der Waals surface area (Å²) in [5.74, 6) is 1.76. The van der Waals surface area contributed by atoms with Gasteiger partial charge in [-0.05, 0) is 48.6 Å². The van der Waals surface area contributed by atoms with Crippen molar-refractivity contribution in [1.82, 2.24) is 9.88 Å². The molecule has 0 bridgehead atoms. The van der Waals surface area contributed by atoms with Gasteiger partial charge >= 0.3 is 0 Å². The molecule has 1 saturated heterocycles. The highest BCUT2D eigenvalue weighted by atomic mass is 32.1. The highest BCUT2D eigenvalue weighted by molar-refractivity contribution is 7.22. The lowest BCUT2D eigenvalue weighted by Crippen LogP contribution is -2.40. The largest absolute Gasteiger partial charge is 0.494 e. The summed E-state index contributed by atoms with van der Waals surface area (Å²) in [5, 5.41) is 0.679. The number of fused-ring (bicyclic) bond motifs is 1. The Balaban J connectivity index is 1.50. The molecule has 7 nitrogen and oxygen atoms in total. The van der Waals surface area contributed by atoms with Crippen molar-refractivity contribution in [2.24, 2.45) is 0 Å². The topological polar surface area (TPSA) is 64.1 Å². The predicted molar refractivity (Wildman–Crippen MR) is 141 cm³/mol. The van der Waals surface area contributed by atoms with Crippen molar-refractivity contribution in [2.45, 2.75) is 33.1 Å². The lowest BCUT2D eigenvalue weighted by Gasteiger charge is -2.27. The number of nitrogens with zero attached hydrogens (tertiary/aromatic N) is 3. The van der Waals surface area contributed by atoms with Gasteiger partial charge in [0, 0.05) is 26.2 Å². The average Bonchev–Trinajstić information content (AvgIpc) is 3.32. The first-order valence-electron chi connectivity index (χ1n) is 12.2. The van der Waals surface area contributed by atoms with E-state index >= 15 is 0 Å². The molecule has 8 heteroatoms. The number of amides is 1. The SMILES string of the molecule is COc1ccc(C)c2sc(N(CCCN3CCOCC3)C(=O)COc3ccc(C(C)C)cc3)nc12. The van der Waals surface area contributed by atoms with Gasteiger partial charge in [-0.15, -0.1) is 0 Å². The molecule has 0 aliphatic carbocycles. The summed E-state index contributed by atoms with van der Waals surface area (Å²) in [6, 6.07) is 11.9. The number of rotatable bonds is 10. The van der Waals surface area contributed by atoms with Crippen LogP contribution in [0.15, 0.2) is 36.4 Å². The van der Waals surface area contributed by atoms with Crippen molar-refractivity contribution in [3.63, 3.8) is 0 Å². The number of hydrogen-bond acceptors (Lipinski definition) is 7. The number of benzene rings is 2. The maximum Gasteiger partial charge on any atom is 0.266 e. The van der Waals surface area contributed by atoms with E-state index in [9.17, 15) is 4.79 Å². The molecule has 0 radical (unpaired) electrons. The van der Waals surface area contributed by atoms with E-state index in [1.54, 1.807) is 12.0 Å². The predicted octanol–water partition coefficient (Wildman–Crippen LogP) is 4.87. The first kappa shape index (κ1) is 25.4. The Morgan fingerprint density at radius 1 is 1.17 bits per heavy atom. The number of aryl methyl sites for hydroxylation is 1. The van der Waals surface area contributed by atoms with Crippen molar-refractivity contribution >= 4 is 32.6 Å². The molecule has 1 fully saturated rings. The molecular weight excluding hydrogens is 462 g/mol. The quantitative estimate of drug-likeness (QED) is 0.398. The molecule has 1 aliphatic rings. The number of methoxy groups -OCH3 is 1. The van der Waals surface area contributed by atoms with Gasteiger partial charge in [-0.2, -0.15) is 0 Å². The van der Waals surface area contributed by atoms with Crippen LogP contribution in [0.25, 0.3) is 10.2 Å². The number of carbonyl (C=O) groups excluding carboxylic acids is 1. The van der Waals surface area contributed by atoms with Crippen LogP contribution in [0.1, 0.15) is 37.3 Å². The maximum atomic E-state index is 13.4. The Kier molecular flexibility index (Phi) is 8.59. The fourth-order valence-corrected chi connectivity index (χ4v) is 5.25. The molecule has 4 rings (SSSR count). The number of hydrogen-bond donors (Lipinski definition) is 0. The van der Waals surface area contributed by atoms with Gasteiger partial charge < -0.3 is 14.2 Å². The highest BCUT2D eigenvalue weighted by Crippen LogP contribution is 2.36. The molecular formula is C27H35N3O4S. The Morgan fingerprint density at radius 3 is 2.60 bits per heavy atom. The van der Waals surface area contributed by atoms with Gasteiger partial charge in [0.25, 0.3) is 5.91 Å². The van der Waals surface area contributed by atoms with Crippen molar-refractivity contribution < 1.29 is 19.0 Å². The molecule has 0 spiro atoms. The second-order valence-electron chi connectivity index (χ2n) is 9.12. The zero-order chi connectivity index (χ0) is 24.8. The molecule has 2 heterocycles. The summed E-state index contributed by atoms with van der Waals surface area (Å²) in [5.41, 5.74) is 3.16. The molecule has 3 aromatic rings. The van der Waals surface area contributed by atoms with Crippen LogP contribution in [0.3, 0.4) is 0 Å². The van der Waals surface area contributed by atoms with Crippen molar-refractivity contribution in [1.29, 1.82) is 0 Å². The highest BCUT2D eigenvalue weighted by Gasteiger charge is 2.23. The Morgan fingerprint density at radius 2 is 1.91 bits per heavy atom. The molecule has 1 aliphatic heterocycles. The number of carbonyl (C=O) groups is 1. The van der Waals surface area contributed by atoms with E-state index in [1.165, 1.54) is 16.9 Å². The summed E-state index contributed by atoms with van der Waals surface area (Å²) in [7, 11) is 1.65. The standard InChI is InChI=1S/C27H35N3O4S/c1-19(2)21-7-9-22(10-8-21)34-18-24(31)30(13-5-12-29-14-16-33-17-15-29)27-28-25-23(32-4)11-6-20(3)26(25)35-27/h6-11,19H,5,12-18H2,1-4H3. The third-order valence-corrected chi connectivity index (χ3v) is 7.53. The third-order valence-electron chi connectivity index (χ3n) is 6.31. The molecule has 0 unspecified atom stereocenters. The van der Waals surface area contributed by atoms with E-state index in [4.69, 9.17) is 19.2 Å². The zero-order valence-electron chi connectivity index (χ0n) is 21.1. The van der Waals surface area contributed by atoms with Gasteiger partial charge in [0.15, 0.2) is 11.7 Å². The monoisotopic (exact) mass is 497 g/mol. The number of ether oxygens (including phenoxy) is 3. The second-order valence-corrected chi connectivity index (χ2v) is 10.1. The Bertz CT molecular complexity index is 1120. The summed E-state index contributed by atoms with van der Waals surface area (Å²) >= 11 is 1.53. The first-order valence-corrected chi connectivity index (χ1v) is 13.0. The molecule has 1 aromatic heterocycles. The van der Waals surface area contributed by atoms with Crippen LogP contribution in [0.2, 0.25) is 0 Å². The smallest absolute Gasteiger partial charge is 0.266 e. The molecule has 0 saturated carbocycles.